The van der Waals surface area contributed by atoms with Gasteiger partial charge in [-0.25, -0.2) is 4.85 Å². The Morgan fingerprint density at radius 3 is 2.44 bits per heavy atom. The molecule has 1 amide bonds. The van der Waals surface area contributed by atoms with Crippen molar-refractivity contribution >= 4 is 46.3 Å². The number of methoxy groups -OCH3 is 1. The third-order valence-electron chi connectivity index (χ3n) is 6.42. The maximum Gasteiger partial charge on any atom is 0.305 e. The molecule has 1 saturated heterocycles. The quantitative estimate of drug-likeness (QED) is 0.350. The Bertz CT molecular complexity index is 1120. The van der Waals surface area contributed by atoms with E-state index in [1.165, 1.54) is 7.11 Å². The van der Waals surface area contributed by atoms with Gasteiger partial charge in [-0.3, -0.25) is 14.5 Å². The second-order valence-corrected chi connectivity index (χ2v) is 8.69. The molecule has 7 heteroatoms. The van der Waals surface area contributed by atoms with Crippen molar-refractivity contribution in [2.45, 2.75) is 51.0 Å². The summed E-state index contributed by atoms with van der Waals surface area (Å²) in [5, 5.41) is 0.475. The number of ether oxygens (including phenoxy) is 1. The molecular formula is C25H25N3O3S. The molecule has 0 atom stereocenters. The molecular weight excluding hydrogens is 422 g/mol. The number of benzene rings is 2. The zero-order valence-electron chi connectivity index (χ0n) is 18.3. The fraction of sp³-hybridized carbons (Fsp3) is 0.360. The number of aryl methyl sites for hydroxylation is 2. The van der Waals surface area contributed by atoms with Gasteiger partial charge in [0.2, 0.25) is 0 Å². The molecule has 1 heterocycles. The van der Waals surface area contributed by atoms with E-state index in [9.17, 15) is 9.59 Å². The second kappa shape index (κ2) is 8.71. The summed E-state index contributed by atoms with van der Waals surface area (Å²) in [5.74, 6) is -0.194. The van der Waals surface area contributed by atoms with Crippen molar-refractivity contribution < 1.29 is 14.3 Å². The summed E-state index contributed by atoms with van der Waals surface area (Å²) in [5.41, 5.74) is 3.50. The standard InChI is InChI=1S/C25H25N3O3S/c1-17-16-20(12-13-21(17)26-2)27-23(30)25(14-5-15-25)28(24(27)32)19-10-8-18(9-11-19)6-4-7-22(29)31-3/h8-13,16H,4-7,14-15H2,1,3H3. The first-order chi connectivity index (χ1) is 15.4. The maximum absolute atomic E-state index is 13.6. The van der Waals surface area contributed by atoms with E-state index in [-0.39, 0.29) is 11.9 Å². The van der Waals surface area contributed by atoms with Gasteiger partial charge in [0.05, 0.1) is 13.7 Å². The molecule has 6 nitrogen and oxygen atoms in total. The third-order valence-corrected chi connectivity index (χ3v) is 6.79. The number of hydrogen-bond acceptors (Lipinski definition) is 4. The van der Waals surface area contributed by atoms with E-state index < -0.39 is 5.54 Å². The van der Waals surface area contributed by atoms with E-state index in [1.54, 1.807) is 17.0 Å². The molecule has 2 aromatic carbocycles. The van der Waals surface area contributed by atoms with Crippen molar-refractivity contribution in [3.63, 3.8) is 0 Å². The first-order valence-corrected chi connectivity index (χ1v) is 11.1. The van der Waals surface area contributed by atoms with Crippen LogP contribution < -0.4 is 9.80 Å². The molecule has 1 saturated carbocycles. The maximum atomic E-state index is 13.6. The molecule has 0 bridgehead atoms. The number of hydrogen-bond donors (Lipinski definition) is 0. The number of nitrogens with zero attached hydrogens (tertiary/aromatic N) is 3. The molecule has 1 aliphatic carbocycles. The van der Waals surface area contributed by atoms with Crippen molar-refractivity contribution in [2.24, 2.45) is 0 Å². The molecule has 0 unspecified atom stereocenters. The van der Waals surface area contributed by atoms with Crippen LogP contribution in [0.15, 0.2) is 42.5 Å². The fourth-order valence-electron chi connectivity index (χ4n) is 4.46. The summed E-state index contributed by atoms with van der Waals surface area (Å²) in [6, 6.07) is 13.5. The summed E-state index contributed by atoms with van der Waals surface area (Å²) >= 11 is 5.82. The third kappa shape index (κ3) is 3.65. The number of carbonyl (C=O) groups is 2. The lowest BCUT2D eigenvalue weighted by atomic mass is 9.75. The molecule has 0 aromatic heterocycles. The normalized spacial score (nSPS) is 16.8. The minimum Gasteiger partial charge on any atom is -0.469 e. The minimum atomic E-state index is -0.629. The highest BCUT2D eigenvalue weighted by molar-refractivity contribution is 7.81. The van der Waals surface area contributed by atoms with Gasteiger partial charge in [0.25, 0.3) is 5.91 Å². The predicted molar refractivity (Wildman–Crippen MR) is 128 cm³/mol. The Morgan fingerprint density at radius 2 is 1.88 bits per heavy atom. The molecule has 1 spiro atoms. The summed E-state index contributed by atoms with van der Waals surface area (Å²) < 4.78 is 4.69. The number of rotatable bonds is 6. The SMILES string of the molecule is [C-]#[N+]c1ccc(N2C(=O)C3(CCC3)N(c3ccc(CCCC(=O)OC)cc3)C2=S)cc1C. The van der Waals surface area contributed by atoms with Gasteiger partial charge in [0, 0.05) is 17.8 Å². The molecule has 0 N–H and O–H groups in total. The molecule has 164 valence electrons. The second-order valence-electron chi connectivity index (χ2n) is 8.32. The van der Waals surface area contributed by atoms with E-state index >= 15 is 0 Å². The topological polar surface area (TPSA) is 54.2 Å². The number of amides is 1. The van der Waals surface area contributed by atoms with Gasteiger partial charge in [-0.05, 0) is 86.6 Å². The molecule has 1 aliphatic heterocycles. The van der Waals surface area contributed by atoms with E-state index in [0.29, 0.717) is 22.9 Å². The first kappa shape index (κ1) is 22.0. The molecule has 32 heavy (non-hydrogen) atoms. The van der Waals surface area contributed by atoms with Gasteiger partial charge >= 0.3 is 5.97 Å². The first-order valence-electron chi connectivity index (χ1n) is 10.7. The molecule has 4 rings (SSSR count). The van der Waals surface area contributed by atoms with Crippen molar-refractivity contribution in [3.8, 4) is 0 Å². The zero-order valence-corrected chi connectivity index (χ0v) is 19.1. The van der Waals surface area contributed by atoms with Crippen molar-refractivity contribution in [3.05, 3.63) is 65.0 Å². The van der Waals surface area contributed by atoms with Gasteiger partial charge in [0.1, 0.15) is 5.54 Å². The van der Waals surface area contributed by atoms with Crippen molar-refractivity contribution in [2.75, 3.05) is 16.9 Å². The molecule has 0 radical (unpaired) electrons. The van der Waals surface area contributed by atoms with Crippen LogP contribution >= 0.6 is 12.2 Å². The lowest BCUT2D eigenvalue weighted by Gasteiger charge is -2.43. The highest BCUT2D eigenvalue weighted by Crippen LogP contribution is 2.48. The summed E-state index contributed by atoms with van der Waals surface area (Å²) in [6.07, 6.45) is 4.42. The Hall–Kier alpha value is -3.24. The Labute approximate surface area is 193 Å². The summed E-state index contributed by atoms with van der Waals surface area (Å²) in [4.78, 5) is 32.0. The molecule has 2 aromatic rings. The van der Waals surface area contributed by atoms with Crippen LogP contribution in [0.5, 0.6) is 0 Å². The summed E-state index contributed by atoms with van der Waals surface area (Å²) in [7, 11) is 1.40. The Kier molecular flexibility index (Phi) is 5.98. The van der Waals surface area contributed by atoms with Crippen molar-refractivity contribution in [1.29, 1.82) is 0 Å². The zero-order chi connectivity index (χ0) is 22.9. The van der Waals surface area contributed by atoms with Crippen LogP contribution in [-0.4, -0.2) is 29.6 Å². The smallest absolute Gasteiger partial charge is 0.305 e. The monoisotopic (exact) mass is 447 g/mol. The van der Waals surface area contributed by atoms with Crippen LogP contribution in [-0.2, 0) is 20.7 Å². The van der Waals surface area contributed by atoms with Gasteiger partial charge in [-0.15, -0.1) is 0 Å². The average molecular weight is 448 g/mol. The van der Waals surface area contributed by atoms with Gasteiger partial charge in [0.15, 0.2) is 10.8 Å². The van der Waals surface area contributed by atoms with Gasteiger partial charge < -0.3 is 9.64 Å². The van der Waals surface area contributed by atoms with Gasteiger partial charge in [-0.2, -0.15) is 0 Å². The average Bonchev–Trinajstić information content (AvgIpc) is 3.00. The Balaban J connectivity index is 1.59. The van der Waals surface area contributed by atoms with E-state index in [4.69, 9.17) is 23.5 Å². The van der Waals surface area contributed by atoms with E-state index in [2.05, 4.69) is 4.85 Å². The van der Waals surface area contributed by atoms with Crippen LogP contribution in [0.3, 0.4) is 0 Å². The molecule has 2 aliphatic rings. The van der Waals surface area contributed by atoms with Crippen molar-refractivity contribution in [1.82, 2.24) is 0 Å². The Morgan fingerprint density at radius 1 is 1.19 bits per heavy atom. The fourth-order valence-corrected chi connectivity index (χ4v) is 4.93. The molecule has 2 fully saturated rings. The predicted octanol–water partition coefficient (Wildman–Crippen LogP) is 5.10. The van der Waals surface area contributed by atoms with Crippen LogP contribution in [0.4, 0.5) is 17.1 Å². The number of esters is 1. The number of carbonyl (C=O) groups excluding carboxylic acids is 2. The van der Waals surface area contributed by atoms with E-state index in [0.717, 1.165) is 48.9 Å². The summed E-state index contributed by atoms with van der Waals surface area (Å²) in [6.45, 7) is 9.14. The highest BCUT2D eigenvalue weighted by Gasteiger charge is 2.59. The number of anilines is 2. The lowest BCUT2D eigenvalue weighted by molar-refractivity contribution is -0.140. The number of thiocarbonyl (C=S) groups is 1. The van der Waals surface area contributed by atoms with Crippen LogP contribution in [0.2, 0.25) is 0 Å². The van der Waals surface area contributed by atoms with Crippen LogP contribution in [0.1, 0.15) is 43.2 Å². The van der Waals surface area contributed by atoms with Gasteiger partial charge in [-0.1, -0.05) is 18.2 Å². The largest absolute Gasteiger partial charge is 0.469 e. The highest BCUT2D eigenvalue weighted by atomic mass is 32.1. The van der Waals surface area contributed by atoms with Crippen LogP contribution in [0.25, 0.3) is 4.85 Å². The lowest BCUT2D eigenvalue weighted by Crippen LogP contribution is -2.55. The minimum absolute atomic E-state index is 0.00543. The van der Waals surface area contributed by atoms with Crippen LogP contribution in [0, 0.1) is 13.5 Å². The van der Waals surface area contributed by atoms with E-state index in [1.807, 2.05) is 42.2 Å².